The van der Waals surface area contributed by atoms with Crippen molar-refractivity contribution < 1.29 is 23.8 Å². The van der Waals surface area contributed by atoms with Crippen LogP contribution in [0.1, 0.15) is 18.5 Å². The Bertz CT molecular complexity index is 611. The van der Waals surface area contributed by atoms with Gasteiger partial charge in [-0.3, -0.25) is 4.79 Å². The number of urea groups is 1. The Balaban J connectivity index is 2.03. The van der Waals surface area contributed by atoms with Crippen molar-refractivity contribution in [3.8, 4) is 5.75 Å². The predicted molar refractivity (Wildman–Crippen MR) is 80.3 cm³/mol. The van der Waals surface area contributed by atoms with Crippen LogP contribution in [0.15, 0.2) is 16.6 Å². The van der Waals surface area contributed by atoms with Crippen LogP contribution in [0.2, 0.25) is 0 Å². The first-order valence-corrected chi connectivity index (χ1v) is 7.45. The number of halogens is 2. The van der Waals surface area contributed by atoms with Gasteiger partial charge in [0.15, 0.2) is 0 Å². The first kappa shape index (κ1) is 16.5. The summed E-state index contributed by atoms with van der Waals surface area (Å²) in [6, 6.07) is 2.03. The highest BCUT2D eigenvalue weighted by Gasteiger charge is 2.28. The first-order valence-electron chi connectivity index (χ1n) is 6.65. The second kappa shape index (κ2) is 6.51. The topological polar surface area (TPSA) is 78.9 Å². The number of aliphatic carboxylic acids is 1. The maximum Gasteiger partial charge on any atom is 0.317 e. The molecule has 1 aliphatic heterocycles. The van der Waals surface area contributed by atoms with Gasteiger partial charge in [-0.1, -0.05) is 6.92 Å². The van der Waals surface area contributed by atoms with Crippen molar-refractivity contribution in [1.29, 1.82) is 0 Å². The molecule has 2 N–H and O–H groups in total. The molecule has 22 heavy (non-hydrogen) atoms. The van der Waals surface area contributed by atoms with Gasteiger partial charge in [-0.15, -0.1) is 0 Å². The predicted octanol–water partition coefficient (Wildman–Crippen LogP) is 2.38. The highest BCUT2D eigenvalue weighted by atomic mass is 79.9. The standard InChI is InChI=1S/C14H16BrFN2O4/c1-7(13(19)20)5-18(2)14(21)17-11-6-22-12-4-10(16)9(15)3-8(11)12/h3-4,7,11H,5-6H2,1-2H3,(H,17,21)(H,19,20). The zero-order chi connectivity index (χ0) is 16.4. The monoisotopic (exact) mass is 374 g/mol. The molecule has 0 aromatic heterocycles. The van der Waals surface area contributed by atoms with Crippen LogP contribution in [-0.2, 0) is 4.79 Å². The van der Waals surface area contributed by atoms with Gasteiger partial charge in [0.2, 0.25) is 0 Å². The summed E-state index contributed by atoms with van der Waals surface area (Å²) in [5.74, 6) is -1.66. The highest BCUT2D eigenvalue weighted by Crippen LogP contribution is 2.36. The lowest BCUT2D eigenvalue weighted by atomic mass is 10.1. The zero-order valence-electron chi connectivity index (χ0n) is 12.1. The second-order valence-corrected chi connectivity index (χ2v) is 6.09. The number of nitrogens with zero attached hydrogens (tertiary/aromatic N) is 1. The van der Waals surface area contributed by atoms with Crippen molar-refractivity contribution in [2.45, 2.75) is 13.0 Å². The van der Waals surface area contributed by atoms with Gasteiger partial charge < -0.3 is 20.1 Å². The Labute approximate surface area is 135 Å². The smallest absolute Gasteiger partial charge is 0.317 e. The van der Waals surface area contributed by atoms with Crippen LogP contribution in [0.5, 0.6) is 5.75 Å². The van der Waals surface area contributed by atoms with E-state index < -0.39 is 29.8 Å². The normalized spacial score (nSPS) is 17.4. The van der Waals surface area contributed by atoms with E-state index in [-0.39, 0.29) is 13.2 Å². The van der Waals surface area contributed by atoms with Gasteiger partial charge in [0, 0.05) is 25.2 Å². The maximum atomic E-state index is 13.4. The molecule has 0 fully saturated rings. The maximum absolute atomic E-state index is 13.4. The SMILES string of the molecule is CC(CN(C)C(=O)NC1COc2cc(F)c(Br)cc21)C(=O)O. The molecule has 2 atom stereocenters. The molecule has 0 saturated carbocycles. The Hall–Kier alpha value is -1.83. The lowest BCUT2D eigenvalue weighted by Gasteiger charge is -2.22. The molecule has 8 heteroatoms. The molecule has 2 unspecified atom stereocenters. The Morgan fingerprint density at radius 2 is 2.27 bits per heavy atom. The molecule has 0 saturated heterocycles. The fourth-order valence-electron chi connectivity index (χ4n) is 2.15. The minimum Gasteiger partial charge on any atom is -0.491 e. The second-order valence-electron chi connectivity index (χ2n) is 5.24. The summed E-state index contributed by atoms with van der Waals surface area (Å²) in [6.07, 6.45) is 0. The summed E-state index contributed by atoms with van der Waals surface area (Å²) in [5.41, 5.74) is 0.682. The molecule has 120 valence electrons. The average Bonchev–Trinajstić information content (AvgIpc) is 2.81. The minimum atomic E-state index is -0.964. The number of carbonyl (C=O) groups is 2. The van der Waals surface area contributed by atoms with E-state index in [2.05, 4.69) is 21.2 Å². The van der Waals surface area contributed by atoms with Crippen molar-refractivity contribution in [2.75, 3.05) is 20.2 Å². The molecular formula is C14H16BrFN2O4. The van der Waals surface area contributed by atoms with E-state index in [1.54, 1.807) is 6.07 Å². The van der Waals surface area contributed by atoms with E-state index >= 15 is 0 Å². The first-order chi connectivity index (χ1) is 10.3. The number of carboxylic acids is 1. The van der Waals surface area contributed by atoms with E-state index in [1.165, 1.54) is 24.9 Å². The molecule has 1 aliphatic rings. The Morgan fingerprint density at radius 3 is 2.91 bits per heavy atom. The third kappa shape index (κ3) is 3.49. The molecule has 2 rings (SSSR count). The van der Waals surface area contributed by atoms with Crippen LogP contribution < -0.4 is 10.1 Å². The number of rotatable bonds is 4. The van der Waals surface area contributed by atoms with Gasteiger partial charge in [-0.05, 0) is 22.0 Å². The minimum absolute atomic E-state index is 0.0920. The van der Waals surface area contributed by atoms with Crippen molar-refractivity contribution in [3.05, 3.63) is 28.0 Å². The quantitative estimate of drug-likeness (QED) is 0.847. The van der Waals surface area contributed by atoms with Crippen LogP contribution in [-0.4, -0.2) is 42.2 Å². The van der Waals surface area contributed by atoms with Crippen molar-refractivity contribution in [2.24, 2.45) is 5.92 Å². The molecule has 2 amide bonds. The molecule has 0 aliphatic carbocycles. The lowest BCUT2D eigenvalue weighted by Crippen LogP contribution is -2.42. The summed E-state index contributed by atoms with van der Waals surface area (Å²) < 4.78 is 19.1. The summed E-state index contributed by atoms with van der Waals surface area (Å²) in [7, 11) is 1.52. The number of amides is 2. The third-order valence-corrected chi connectivity index (χ3v) is 4.06. The van der Waals surface area contributed by atoms with Crippen molar-refractivity contribution in [3.63, 3.8) is 0 Å². The van der Waals surface area contributed by atoms with Crippen LogP contribution >= 0.6 is 15.9 Å². The van der Waals surface area contributed by atoms with E-state index in [1.807, 2.05) is 0 Å². The number of hydrogen-bond donors (Lipinski definition) is 2. The van der Waals surface area contributed by atoms with Crippen molar-refractivity contribution in [1.82, 2.24) is 10.2 Å². The molecule has 6 nitrogen and oxygen atoms in total. The number of ether oxygens (including phenoxy) is 1. The van der Waals surface area contributed by atoms with Gasteiger partial charge >= 0.3 is 12.0 Å². The van der Waals surface area contributed by atoms with Gasteiger partial charge in [-0.25, -0.2) is 9.18 Å². The van der Waals surface area contributed by atoms with Crippen LogP contribution in [0.3, 0.4) is 0 Å². The number of nitrogens with one attached hydrogen (secondary N) is 1. The average molecular weight is 375 g/mol. The Kier molecular flexibility index (Phi) is 4.90. The molecule has 1 aromatic carbocycles. The van der Waals surface area contributed by atoms with Gasteiger partial charge in [0.1, 0.15) is 18.2 Å². The van der Waals surface area contributed by atoms with E-state index in [0.717, 1.165) is 0 Å². The van der Waals surface area contributed by atoms with Gasteiger partial charge in [-0.2, -0.15) is 0 Å². The molecule has 0 bridgehead atoms. The van der Waals surface area contributed by atoms with Crippen LogP contribution in [0.25, 0.3) is 0 Å². The summed E-state index contributed by atoms with van der Waals surface area (Å²) in [6.45, 7) is 1.83. The Morgan fingerprint density at radius 1 is 1.59 bits per heavy atom. The molecule has 1 aromatic rings. The van der Waals surface area contributed by atoms with E-state index in [4.69, 9.17) is 9.84 Å². The number of fused-ring (bicyclic) bond motifs is 1. The summed E-state index contributed by atoms with van der Waals surface area (Å²) >= 11 is 3.10. The molecule has 1 heterocycles. The van der Waals surface area contributed by atoms with Gasteiger partial charge in [0.25, 0.3) is 0 Å². The number of carboxylic acid groups (broad SMARTS) is 1. The van der Waals surface area contributed by atoms with Crippen molar-refractivity contribution >= 4 is 27.9 Å². The molecule has 0 spiro atoms. The summed E-state index contributed by atoms with van der Waals surface area (Å²) in [5, 5.41) is 11.6. The van der Waals surface area contributed by atoms with E-state index in [0.29, 0.717) is 15.8 Å². The lowest BCUT2D eigenvalue weighted by molar-refractivity contribution is -0.141. The fraction of sp³-hybridized carbons (Fsp3) is 0.429. The molecular weight excluding hydrogens is 359 g/mol. The third-order valence-electron chi connectivity index (χ3n) is 3.45. The number of carbonyl (C=O) groups excluding carboxylic acids is 1. The van der Waals surface area contributed by atoms with Crippen LogP contribution in [0, 0.1) is 11.7 Å². The van der Waals surface area contributed by atoms with E-state index in [9.17, 15) is 14.0 Å². The fourth-order valence-corrected chi connectivity index (χ4v) is 2.52. The van der Waals surface area contributed by atoms with Gasteiger partial charge in [0.05, 0.1) is 16.4 Å². The number of hydrogen-bond acceptors (Lipinski definition) is 3. The highest BCUT2D eigenvalue weighted by molar-refractivity contribution is 9.10. The zero-order valence-corrected chi connectivity index (χ0v) is 13.7. The largest absolute Gasteiger partial charge is 0.491 e. The number of benzene rings is 1. The van der Waals surface area contributed by atoms with Crippen LogP contribution in [0.4, 0.5) is 9.18 Å². The molecule has 0 radical (unpaired) electrons. The summed E-state index contributed by atoms with van der Waals surface area (Å²) in [4.78, 5) is 24.2.